The third-order valence-electron chi connectivity index (χ3n) is 4.81. The van der Waals surface area contributed by atoms with Crippen LogP contribution in [-0.2, 0) is 13.0 Å². The second kappa shape index (κ2) is 11.7. The molecule has 2 N–H and O–H groups in total. The van der Waals surface area contributed by atoms with Crippen molar-refractivity contribution in [3.05, 3.63) is 72.3 Å². The maximum atomic E-state index is 4.68. The van der Waals surface area contributed by atoms with Crippen molar-refractivity contribution in [2.45, 2.75) is 39.8 Å². The normalized spacial score (nSPS) is 12.3. The summed E-state index contributed by atoms with van der Waals surface area (Å²) in [5.41, 5.74) is 2.27. The van der Waals surface area contributed by atoms with Crippen molar-refractivity contribution in [3.8, 4) is 0 Å². The Hall–Kier alpha value is -2.42. The number of halogens is 1. The summed E-state index contributed by atoms with van der Waals surface area (Å²) in [7, 11) is 0. The minimum Gasteiger partial charge on any atom is -0.355 e. The van der Waals surface area contributed by atoms with E-state index in [1.807, 2.05) is 6.92 Å². The standard InChI is InChI=1S/C23H30N6.HI/c1-5-22-28-26-16-29(22)14-13-24-23(25-15-17(2)3)27-18(4)20-12-8-10-19-9-6-7-11-21(19)20;/h6-12,16,18H,2,5,13-15H2,1,3-4H3,(H2,24,25,27);1H. The van der Waals surface area contributed by atoms with Crippen molar-refractivity contribution < 1.29 is 0 Å². The Morgan fingerprint density at radius 1 is 1.20 bits per heavy atom. The zero-order chi connectivity index (χ0) is 20.6. The van der Waals surface area contributed by atoms with E-state index in [1.54, 1.807) is 6.33 Å². The minimum atomic E-state index is 0. The molecule has 1 heterocycles. The highest BCUT2D eigenvalue weighted by molar-refractivity contribution is 14.0. The molecule has 0 radical (unpaired) electrons. The van der Waals surface area contributed by atoms with Crippen LogP contribution in [0, 0.1) is 0 Å². The lowest BCUT2D eigenvalue weighted by molar-refractivity contribution is 0.620. The zero-order valence-corrected chi connectivity index (χ0v) is 20.3. The summed E-state index contributed by atoms with van der Waals surface area (Å²) < 4.78 is 2.07. The average molecular weight is 518 g/mol. The molecule has 0 bridgehead atoms. The van der Waals surface area contributed by atoms with E-state index in [0.29, 0.717) is 6.54 Å². The van der Waals surface area contributed by atoms with E-state index in [1.165, 1.54) is 16.3 Å². The molecule has 0 fully saturated rings. The third kappa shape index (κ3) is 6.29. The zero-order valence-electron chi connectivity index (χ0n) is 17.9. The van der Waals surface area contributed by atoms with Gasteiger partial charge < -0.3 is 15.2 Å². The molecule has 0 aliphatic rings. The summed E-state index contributed by atoms with van der Waals surface area (Å²) in [6, 6.07) is 15.0. The van der Waals surface area contributed by atoms with Crippen molar-refractivity contribution in [2.24, 2.45) is 4.99 Å². The van der Waals surface area contributed by atoms with Gasteiger partial charge in [-0.1, -0.05) is 61.5 Å². The molecule has 0 amide bonds. The lowest BCUT2D eigenvalue weighted by Crippen LogP contribution is -2.40. The molecule has 0 aliphatic carbocycles. The Kier molecular flexibility index (Phi) is 9.29. The van der Waals surface area contributed by atoms with Gasteiger partial charge in [0.1, 0.15) is 12.2 Å². The first-order chi connectivity index (χ1) is 14.1. The van der Waals surface area contributed by atoms with Gasteiger partial charge in [-0.2, -0.15) is 0 Å². The molecule has 1 atom stereocenters. The van der Waals surface area contributed by atoms with Gasteiger partial charge in [0.15, 0.2) is 5.96 Å². The van der Waals surface area contributed by atoms with E-state index in [0.717, 1.165) is 36.9 Å². The van der Waals surface area contributed by atoms with E-state index in [-0.39, 0.29) is 30.0 Å². The van der Waals surface area contributed by atoms with Gasteiger partial charge in [-0.25, -0.2) is 4.99 Å². The molecule has 7 heteroatoms. The van der Waals surface area contributed by atoms with Crippen LogP contribution in [0.25, 0.3) is 10.8 Å². The van der Waals surface area contributed by atoms with E-state index in [4.69, 9.17) is 0 Å². The molecule has 0 saturated carbocycles. The van der Waals surface area contributed by atoms with Crippen LogP contribution in [-0.4, -0.2) is 33.8 Å². The van der Waals surface area contributed by atoms with Crippen molar-refractivity contribution in [2.75, 3.05) is 13.1 Å². The summed E-state index contributed by atoms with van der Waals surface area (Å²) in [4.78, 5) is 4.68. The first-order valence-corrected chi connectivity index (χ1v) is 10.1. The summed E-state index contributed by atoms with van der Waals surface area (Å²) in [5, 5.41) is 17.6. The Morgan fingerprint density at radius 3 is 2.73 bits per heavy atom. The van der Waals surface area contributed by atoms with Crippen LogP contribution in [0.5, 0.6) is 0 Å². The van der Waals surface area contributed by atoms with Gasteiger partial charge in [0.05, 0.1) is 12.6 Å². The number of rotatable bonds is 8. The van der Waals surface area contributed by atoms with Crippen LogP contribution in [0.2, 0.25) is 0 Å². The predicted molar refractivity (Wildman–Crippen MR) is 135 cm³/mol. The Labute approximate surface area is 195 Å². The number of nitrogens with one attached hydrogen (secondary N) is 2. The number of fused-ring (bicyclic) bond motifs is 1. The van der Waals surface area contributed by atoms with Crippen LogP contribution >= 0.6 is 24.0 Å². The van der Waals surface area contributed by atoms with Crippen molar-refractivity contribution in [1.82, 2.24) is 25.4 Å². The average Bonchev–Trinajstić information content (AvgIpc) is 3.18. The molecule has 3 aromatic rings. The summed E-state index contributed by atoms with van der Waals surface area (Å²) in [5.74, 6) is 1.77. The lowest BCUT2D eigenvalue weighted by atomic mass is 10.00. The maximum absolute atomic E-state index is 4.68. The van der Waals surface area contributed by atoms with Crippen molar-refractivity contribution in [1.29, 1.82) is 0 Å². The lowest BCUT2D eigenvalue weighted by Gasteiger charge is -2.20. The number of hydrogen-bond acceptors (Lipinski definition) is 3. The van der Waals surface area contributed by atoms with Crippen LogP contribution in [0.15, 0.2) is 65.9 Å². The minimum absolute atomic E-state index is 0. The molecule has 1 unspecified atom stereocenters. The Bertz CT molecular complexity index is 989. The fourth-order valence-electron chi connectivity index (χ4n) is 3.31. The number of aromatic nitrogens is 3. The van der Waals surface area contributed by atoms with Crippen LogP contribution in [0.1, 0.15) is 38.2 Å². The Morgan fingerprint density at radius 2 is 1.97 bits per heavy atom. The molecular formula is C23H31IN6. The molecule has 160 valence electrons. The van der Waals surface area contributed by atoms with Crippen LogP contribution in [0.4, 0.5) is 0 Å². The fraction of sp³-hybridized carbons (Fsp3) is 0.348. The molecule has 6 nitrogen and oxygen atoms in total. The van der Waals surface area contributed by atoms with Gasteiger partial charge in [-0.15, -0.1) is 34.2 Å². The predicted octanol–water partition coefficient (Wildman–Crippen LogP) is 4.48. The number of aliphatic imine (C=N–C) groups is 1. The highest BCUT2D eigenvalue weighted by Gasteiger charge is 2.11. The first-order valence-electron chi connectivity index (χ1n) is 10.1. The highest BCUT2D eigenvalue weighted by Crippen LogP contribution is 2.23. The number of aryl methyl sites for hydroxylation is 1. The second-order valence-electron chi connectivity index (χ2n) is 7.28. The number of hydrogen-bond donors (Lipinski definition) is 2. The highest BCUT2D eigenvalue weighted by atomic mass is 127. The van der Waals surface area contributed by atoms with Crippen molar-refractivity contribution >= 4 is 40.7 Å². The van der Waals surface area contributed by atoms with E-state index >= 15 is 0 Å². The Balaban J connectivity index is 0.00000320. The number of guanidine groups is 1. The van der Waals surface area contributed by atoms with Gasteiger partial charge in [0, 0.05) is 19.5 Å². The summed E-state index contributed by atoms with van der Waals surface area (Å²) in [6.45, 7) is 12.3. The number of nitrogens with zero attached hydrogens (tertiary/aromatic N) is 4. The largest absolute Gasteiger partial charge is 0.355 e. The molecule has 0 spiro atoms. The SMILES string of the molecule is C=C(C)CN=C(NCCn1cnnc1CC)NC(C)c1cccc2ccccc12.I. The van der Waals surface area contributed by atoms with E-state index < -0.39 is 0 Å². The van der Waals surface area contributed by atoms with Crippen LogP contribution < -0.4 is 10.6 Å². The van der Waals surface area contributed by atoms with Gasteiger partial charge in [-0.05, 0) is 30.2 Å². The maximum Gasteiger partial charge on any atom is 0.192 e. The van der Waals surface area contributed by atoms with Gasteiger partial charge in [0.2, 0.25) is 0 Å². The molecular weight excluding hydrogens is 487 g/mol. The molecule has 0 aliphatic heterocycles. The molecule has 30 heavy (non-hydrogen) atoms. The topological polar surface area (TPSA) is 67.1 Å². The smallest absolute Gasteiger partial charge is 0.192 e. The van der Waals surface area contributed by atoms with E-state index in [2.05, 4.69) is 93.3 Å². The first kappa shape index (κ1) is 23.9. The molecule has 0 saturated heterocycles. The van der Waals surface area contributed by atoms with E-state index in [9.17, 15) is 0 Å². The molecule has 3 rings (SSSR count). The quantitative estimate of drug-likeness (QED) is 0.200. The number of benzene rings is 2. The van der Waals surface area contributed by atoms with Crippen LogP contribution in [0.3, 0.4) is 0 Å². The van der Waals surface area contributed by atoms with Gasteiger partial charge >= 0.3 is 0 Å². The third-order valence-corrected chi connectivity index (χ3v) is 4.81. The molecule has 1 aromatic heterocycles. The van der Waals surface area contributed by atoms with Crippen molar-refractivity contribution in [3.63, 3.8) is 0 Å². The summed E-state index contributed by atoms with van der Waals surface area (Å²) in [6.07, 6.45) is 2.64. The fourth-order valence-corrected chi connectivity index (χ4v) is 3.31. The molecule has 2 aromatic carbocycles. The van der Waals surface area contributed by atoms with Gasteiger partial charge in [0.25, 0.3) is 0 Å². The van der Waals surface area contributed by atoms with Gasteiger partial charge in [-0.3, -0.25) is 0 Å². The monoisotopic (exact) mass is 518 g/mol. The second-order valence-corrected chi connectivity index (χ2v) is 7.28. The summed E-state index contributed by atoms with van der Waals surface area (Å²) >= 11 is 0.